The lowest BCUT2D eigenvalue weighted by molar-refractivity contribution is -0.139. The predicted molar refractivity (Wildman–Crippen MR) is 55.4 cm³/mol. The second-order valence-electron chi connectivity index (χ2n) is 4.12. The number of piperazine rings is 1. The van der Waals surface area contributed by atoms with E-state index in [-0.39, 0.29) is 12.5 Å². The lowest BCUT2D eigenvalue weighted by Gasteiger charge is -2.43. The highest BCUT2D eigenvalue weighted by Gasteiger charge is 2.29. The largest absolute Gasteiger partial charge is 0.481 e. The maximum Gasteiger partial charge on any atom is 0.304 e. The Kier molecular flexibility index (Phi) is 3.89. The summed E-state index contributed by atoms with van der Waals surface area (Å²) < 4.78 is 0. The van der Waals surface area contributed by atoms with Crippen LogP contribution in [0.5, 0.6) is 0 Å². The summed E-state index contributed by atoms with van der Waals surface area (Å²) in [5.41, 5.74) is 0. The van der Waals surface area contributed by atoms with E-state index in [1.165, 1.54) is 0 Å². The number of aliphatic carboxylic acids is 1. The van der Waals surface area contributed by atoms with Crippen LogP contribution in [0.25, 0.3) is 0 Å². The number of carboxylic acids is 1. The van der Waals surface area contributed by atoms with Gasteiger partial charge in [0, 0.05) is 25.2 Å². The second kappa shape index (κ2) is 4.75. The highest BCUT2D eigenvalue weighted by atomic mass is 16.4. The van der Waals surface area contributed by atoms with Crippen molar-refractivity contribution in [2.45, 2.75) is 32.4 Å². The fourth-order valence-electron chi connectivity index (χ4n) is 2.03. The number of hydrogen-bond acceptors (Lipinski definition) is 3. The molecule has 4 nitrogen and oxygen atoms in total. The summed E-state index contributed by atoms with van der Waals surface area (Å²) in [6.07, 6.45) is 0.247. The second-order valence-corrected chi connectivity index (χ2v) is 4.12. The number of nitrogens with zero attached hydrogens (tertiary/aromatic N) is 2. The first kappa shape index (κ1) is 11.5. The van der Waals surface area contributed by atoms with E-state index < -0.39 is 5.97 Å². The van der Waals surface area contributed by atoms with E-state index in [0.29, 0.717) is 6.04 Å². The number of likely N-dealkylation sites (N-methyl/N-ethyl adjacent to an activating group) is 2. The fourth-order valence-corrected chi connectivity index (χ4v) is 2.03. The van der Waals surface area contributed by atoms with Crippen molar-refractivity contribution in [2.75, 3.05) is 26.7 Å². The Labute approximate surface area is 85.5 Å². The van der Waals surface area contributed by atoms with Crippen LogP contribution in [0.1, 0.15) is 20.3 Å². The maximum atomic E-state index is 10.7. The summed E-state index contributed by atoms with van der Waals surface area (Å²) in [7, 11) is 2.02. The van der Waals surface area contributed by atoms with Crippen molar-refractivity contribution >= 4 is 5.97 Å². The number of rotatable bonds is 3. The van der Waals surface area contributed by atoms with Crippen molar-refractivity contribution in [3.05, 3.63) is 0 Å². The molecule has 1 rings (SSSR count). The van der Waals surface area contributed by atoms with E-state index in [4.69, 9.17) is 5.11 Å². The minimum Gasteiger partial charge on any atom is -0.481 e. The first-order chi connectivity index (χ1) is 6.54. The van der Waals surface area contributed by atoms with Crippen LogP contribution in [0.2, 0.25) is 0 Å². The molecule has 1 N–H and O–H groups in total. The molecule has 1 fully saturated rings. The number of hydrogen-bond donors (Lipinski definition) is 1. The molecule has 0 aromatic carbocycles. The number of carboxylic acid groups (broad SMARTS) is 1. The van der Waals surface area contributed by atoms with E-state index in [9.17, 15) is 4.79 Å². The summed E-state index contributed by atoms with van der Waals surface area (Å²) >= 11 is 0. The summed E-state index contributed by atoms with van der Waals surface area (Å²) in [5.74, 6) is -0.702. The Morgan fingerprint density at radius 3 is 2.64 bits per heavy atom. The third-order valence-corrected chi connectivity index (χ3v) is 3.12. The van der Waals surface area contributed by atoms with Gasteiger partial charge >= 0.3 is 5.97 Å². The van der Waals surface area contributed by atoms with Crippen molar-refractivity contribution in [2.24, 2.45) is 0 Å². The molecule has 82 valence electrons. The van der Waals surface area contributed by atoms with Gasteiger partial charge in [0.25, 0.3) is 0 Å². The third kappa shape index (κ3) is 2.69. The lowest BCUT2D eigenvalue weighted by atomic mass is 10.1. The summed E-state index contributed by atoms with van der Waals surface area (Å²) in [6, 6.07) is 0.615. The molecule has 0 bridgehead atoms. The van der Waals surface area contributed by atoms with Gasteiger partial charge in [-0.25, -0.2) is 0 Å². The molecule has 0 aromatic heterocycles. The zero-order valence-corrected chi connectivity index (χ0v) is 9.23. The normalized spacial score (nSPS) is 30.5. The van der Waals surface area contributed by atoms with E-state index in [1.807, 2.05) is 7.05 Å². The van der Waals surface area contributed by atoms with Gasteiger partial charge in [-0.1, -0.05) is 6.92 Å². The van der Waals surface area contributed by atoms with Gasteiger partial charge in [-0.15, -0.1) is 0 Å². The van der Waals surface area contributed by atoms with Gasteiger partial charge in [0.2, 0.25) is 0 Å². The first-order valence-corrected chi connectivity index (χ1v) is 5.20. The molecule has 2 atom stereocenters. The molecule has 1 heterocycles. The van der Waals surface area contributed by atoms with Crippen molar-refractivity contribution in [1.82, 2.24) is 9.80 Å². The maximum absolute atomic E-state index is 10.7. The van der Waals surface area contributed by atoms with Crippen molar-refractivity contribution in [3.8, 4) is 0 Å². The van der Waals surface area contributed by atoms with Crippen LogP contribution < -0.4 is 0 Å². The average molecular weight is 200 g/mol. The van der Waals surface area contributed by atoms with Gasteiger partial charge in [0.15, 0.2) is 0 Å². The monoisotopic (exact) mass is 200 g/mol. The standard InChI is InChI=1S/C10H20N2O2/c1-4-12-6-8(2)11(3)9(7-12)5-10(13)14/h8-9H,4-7H2,1-3H3,(H,13,14). The Morgan fingerprint density at radius 2 is 2.14 bits per heavy atom. The van der Waals surface area contributed by atoms with E-state index in [1.54, 1.807) is 0 Å². The molecule has 1 aliphatic heterocycles. The van der Waals surface area contributed by atoms with Gasteiger partial charge < -0.3 is 10.0 Å². The molecule has 0 amide bonds. The molecular formula is C10H20N2O2. The van der Waals surface area contributed by atoms with Crippen LogP contribution in [0, 0.1) is 0 Å². The van der Waals surface area contributed by atoms with Gasteiger partial charge in [-0.2, -0.15) is 0 Å². The summed E-state index contributed by atoms with van der Waals surface area (Å²) in [6.45, 7) is 7.20. The Hall–Kier alpha value is -0.610. The smallest absolute Gasteiger partial charge is 0.304 e. The molecule has 0 spiro atoms. The zero-order valence-electron chi connectivity index (χ0n) is 9.23. The molecule has 0 saturated carbocycles. The molecule has 2 unspecified atom stereocenters. The minimum absolute atomic E-state index is 0.163. The van der Waals surface area contributed by atoms with Crippen LogP contribution in [0.3, 0.4) is 0 Å². The molecular weight excluding hydrogens is 180 g/mol. The Bertz CT molecular complexity index is 208. The quantitative estimate of drug-likeness (QED) is 0.720. The van der Waals surface area contributed by atoms with Crippen LogP contribution >= 0.6 is 0 Å². The van der Waals surface area contributed by atoms with Crippen LogP contribution in [0.4, 0.5) is 0 Å². The van der Waals surface area contributed by atoms with E-state index in [0.717, 1.165) is 19.6 Å². The van der Waals surface area contributed by atoms with Crippen LogP contribution in [-0.4, -0.2) is 59.6 Å². The van der Waals surface area contributed by atoms with Crippen LogP contribution in [0.15, 0.2) is 0 Å². The van der Waals surface area contributed by atoms with Crippen molar-refractivity contribution in [3.63, 3.8) is 0 Å². The predicted octanol–water partition coefficient (Wildman–Crippen LogP) is 0.485. The highest BCUT2D eigenvalue weighted by Crippen LogP contribution is 2.15. The summed E-state index contributed by atoms with van der Waals surface area (Å²) in [5, 5.41) is 8.78. The Morgan fingerprint density at radius 1 is 1.50 bits per heavy atom. The lowest BCUT2D eigenvalue weighted by Crippen LogP contribution is -2.56. The fraction of sp³-hybridized carbons (Fsp3) is 0.900. The van der Waals surface area contributed by atoms with Gasteiger partial charge in [0.05, 0.1) is 6.42 Å². The molecule has 1 saturated heterocycles. The zero-order chi connectivity index (χ0) is 10.7. The van der Waals surface area contributed by atoms with Gasteiger partial charge in [0.1, 0.15) is 0 Å². The molecule has 0 aliphatic carbocycles. The van der Waals surface area contributed by atoms with Gasteiger partial charge in [-0.3, -0.25) is 9.69 Å². The SMILES string of the molecule is CCN1CC(C)N(C)C(CC(=O)O)C1. The van der Waals surface area contributed by atoms with E-state index in [2.05, 4.69) is 23.6 Å². The minimum atomic E-state index is -0.702. The summed E-state index contributed by atoms with van der Waals surface area (Å²) in [4.78, 5) is 15.2. The highest BCUT2D eigenvalue weighted by molar-refractivity contribution is 5.67. The van der Waals surface area contributed by atoms with E-state index >= 15 is 0 Å². The van der Waals surface area contributed by atoms with Crippen molar-refractivity contribution in [1.29, 1.82) is 0 Å². The van der Waals surface area contributed by atoms with Gasteiger partial charge in [-0.05, 0) is 20.5 Å². The molecule has 0 aromatic rings. The average Bonchev–Trinajstić information content (AvgIpc) is 2.11. The van der Waals surface area contributed by atoms with Crippen molar-refractivity contribution < 1.29 is 9.90 Å². The Balaban J connectivity index is 2.57. The molecule has 14 heavy (non-hydrogen) atoms. The molecule has 0 radical (unpaired) electrons. The number of carbonyl (C=O) groups is 1. The van der Waals surface area contributed by atoms with Crippen LogP contribution in [-0.2, 0) is 4.79 Å². The third-order valence-electron chi connectivity index (χ3n) is 3.12. The first-order valence-electron chi connectivity index (χ1n) is 5.20. The molecule has 4 heteroatoms. The topological polar surface area (TPSA) is 43.8 Å². The molecule has 1 aliphatic rings.